The van der Waals surface area contributed by atoms with Crippen LogP contribution in [0.2, 0.25) is 0 Å². The summed E-state index contributed by atoms with van der Waals surface area (Å²) in [5.74, 6) is 0.498. The number of carbonyl (C=O) groups excluding carboxylic acids is 1. The topological polar surface area (TPSA) is 61.9 Å². The number of nitrogens with one attached hydrogen (secondary N) is 1. The molecule has 5 nitrogen and oxygen atoms in total. The third-order valence-corrected chi connectivity index (χ3v) is 5.77. The van der Waals surface area contributed by atoms with Crippen LogP contribution in [0, 0.1) is 13.8 Å². The number of hydrogen-bond acceptors (Lipinski definition) is 4. The van der Waals surface area contributed by atoms with E-state index in [2.05, 4.69) is 40.1 Å². The van der Waals surface area contributed by atoms with Crippen molar-refractivity contribution in [2.45, 2.75) is 38.4 Å². The maximum Gasteiger partial charge on any atom is 0.233 e. The van der Waals surface area contributed by atoms with Gasteiger partial charge in [0.05, 0.1) is 11.8 Å². The quantitative estimate of drug-likeness (QED) is 0.565. The number of hydrogen-bond donors (Lipinski definition) is 1. The molecule has 0 aliphatic carbocycles. The number of carbonyl (C=O) groups is 1. The predicted molar refractivity (Wildman–Crippen MR) is 104 cm³/mol. The van der Waals surface area contributed by atoms with Crippen LogP contribution in [0.3, 0.4) is 0 Å². The molecule has 1 aliphatic rings. The number of benzene rings is 1. The van der Waals surface area contributed by atoms with Crippen molar-refractivity contribution in [2.75, 3.05) is 12.3 Å². The van der Waals surface area contributed by atoms with Crippen molar-refractivity contribution in [3.8, 4) is 0 Å². The molecule has 3 aromatic rings. The summed E-state index contributed by atoms with van der Waals surface area (Å²) in [6.07, 6.45) is 0.889. The van der Waals surface area contributed by atoms with Crippen LogP contribution in [0.5, 0.6) is 0 Å². The van der Waals surface area contributed by atoms with Crippen LogP contribution in [-0.2, 0) is 11.2 Å². The molecule has 0 bridgehead atoms. The van der Waals surface area contributed by atoms with Gasteiger partial charge in [-0.3, -0.25) is 4.79 Å². The summed E-state index contributed by atoms with van der Waals surface area (Å²) in [4.78, 5) is 27.1. The number of thioether (sulfide) groups is 1. The summed E-state index contributed by atoms with van der Waals surface area (Å²) in [6, 6.07) is 10.4. The highest BCUT2D eigenvalue weighted by Gasteiger charge is 2.30. The van der Waals surface area contributed by atoms with Crippen molar-refractivity contribution in [1.82, 2.24) is 19.9 Å². The molecule has 0 unspecified atom stereocenters. The molecular weight excluding hydrogens is 344 g/mol. The van der Waals surface area contributed by atoms with Gasteiger partial charge in [0, 0.05) is 34.5 Å². The highest BCUT2D eigenvalue weighted by molar-refractivity contribution is 7.99. The maximum atomic E-state index is 12.8. The molecule has 134 valence electrons. The fourth-order valence-corrected chi connectivity index (χ4v) is 4.57. The summed E-state index contributed by atoms with van der Waals surface area (Å²) in [6.45, 7) is 6.75. The zero-order chi connectivity index (χ0) is 18.3. The minimum Gasteiger partial charge on any atom is -0.356 e. The van der Waals surface area contributed by atoms with Crippen LogP contribution < -0.4 is 0 Å². The van der Waals surface area contributed by atoms with Crippen molar-refractivity contribution in [2.24, 2.45) is 0 Å². The van der Waals surface area contributed by atoms with Gasteiger partial charge in [0.25, 0.3) is 0 Å². The molecule has 1 aromatic carbocycles. The van der Waals surface area contributed by atoms with Crippen molar-refractivity contribution >= 4 is 28.6 Å². The molecule has 1 atom stereocenters. The summed E-state index contributed by atoms with van der Waals surface area (Å²) < 4.78 is 0. The number of aromatic amines is 1. The van der Waals surface area contributed by atoms with Gasteiger partial charge in [-0.1, -0.05) is 30.0 Å². The first-order chi connectivity index (χ1) is 12.5. The summed E-state index contributed by atoms with van der Waals surface area (Å²) in [5, 5.41) is 1.95. The summed E-state index contributed by atoms with van der Waals surface area (Å²) >= 11 is 1.42. The SMILES string of the molecule is Cc1cc(C)nc(SCC(=O)N2CCc3c([nH]c4ccccc34)[C@@H]2C)n1. The minimum absolute atomic E-state index is 0.0550. The second kappa shape index (κ2) is 6.76. The highest BCUT2D eigenvalue weighted by atomic mass is 32.2. The van der Waals surface area contributed by atoms with Crippen molar-refractivity contribution in [3.05, 3.63) is 53.0 Å². The van der Waals surface area contributed by atoms with Gasteiger partial charge >= 0.3 is 0 Å². The van der Waals surface area contributed by atoms with Gasteiger partial charge in [0.1, 0.15) is 0 Å². The number of aryl methyl sites for hydroxylation is 2. The second-order valence-electron chi connectivity index (χ2n) is 6.80. The van der Waals surface area contributed by atoms with E-state index in [1.807, 2.05) is 30.9 Å². The van der Waals surface area contributed by atoms with Crippen molar-refractivity contribution in [3.63, 3.8) is 0 Å². The lowest BCUT2D eigenvalue weighted by Gasteiger charge is -2.33. The molecule has 2 aromatic heterocycles. The Kier molecular flexibility index (Phi) is 4.44. The number of aromatic nitrogens is 3. The fourth-order valence-electron chi connectivity index (χ4n) is 3.74. The Balaban J connectivity index is 1.50. The third kappa shape index (κ3) is 3.09. The van der Waals surface area contributed by atoms with E-state index in [0.717, 1.165) is 29.9 Å². The molecule has 0 saturated carbocycles. The van der Waals surface area contributed by atoms with E-state index in [1.165, 1.54) is 28.4 Å². The zero-order valence-corrected chi connectivity index (χ0v) is 16.1. The minimum atomic E-state index is 0.0550. The Morgan fingerprint density at radius 2 is 2.00 bits per heavy atom. The van der Waals surface area contributed by atoms with Gasteiger partial charge in [0.15, 0.2) is 5.16 Å². The Bertz CT molecular complexity index is 961. The molecule has 0 fully saturated rings. The molecule has 0 saturated heterocycles. The lowest BCUT2D eigenvalue weighted by Crippen LogP contribution is -2.39. The Hall–Kier alpha value is -2.34. The monoisotopic (exact) mass is 366 g/mol. The molecule has 26 heavy (non-hydrogen) atoms. The fraction of sp³-hybridized carbons (Fsp3) is 0.350. The lowest BCUT2D eigenvalue weighted by molar-refractivity contribution is -0.130. The van der Waals surface area contributed by atoms with E-state index >= 15 is 0 Å². The van der Waals surface area contributed by atoms with Crippen molar-refractivity contribution in [1.29, 1.82) is 0 Å². The van der Waals surface area contributed by atoms with Crippen LogP contribution in [0.4, 0.5) is 0 Å². The normalized spacial score (nSPS) is 16.7. The van der Waals surface area contributed by atoms with Gasteiger partial charge in [0.2, 0.25) is 5.91 Å². The van der Waals surface area contributed by atoms with E-state index < -0.39 is 0 Å². The number of rotatable bonds is 3. The summed E-state index contributed by atoms with van der Waals surface area (Å²) in [7, 11) is 0. The summed E-state index contributed by atoms with van der Waals surface area (Å²) in [5.41, 5.74) is 5.53. The van der Waals surface area contributed by atoms with Crippen LogP contribution in [0.15, 0.2) is 35.5 Å². The van der Waals surface area contributed by atoms with E-state index in [-0.39, 0.29) is 11.9 Å². The molecule has 4 rings (SSSR count). The first kappa shape index (κ1) is 17.1. The smallest absolute Gasteiger partial charge is 0.233 e. The Morgan fingerprint density at radius 1 is 1.27 bits per heavy atom. The van der Waals surface area contributed by atoms with E-state index in [4.69, 9.17) is 0 Å². The number of H-pyrrole nitrogens is 1. The highest BCUT2D eigenvalue weighted by Crippen LogP contribution is 2.34. The predicted octanol–water partition coefficient (Wildman–Crippen LogP) is 3.81. The number of para-hydroxylation sites is 1. The molecule has 6 heteroatoms. The first-order valence-electron chi connectivity index (χ1n) is 8.87. The zero-order valence-electron chi connectivity index (χ0n) is 15.2. The molecule has 1 aliphatic heterocycles. The molecule has 3 heterocycles. The van der Waals surface area contributed by atoms with Crippen LogP contribution in [0.1, 0.15) is 35.6 Å². The van der Waals surface area contributed by atoms with E-state index in [1.54, 1.807) is 0 Å². The number of nitrogens with zero attached hydrogens (tertiary/aromatic N) is 3. The van der Waals surface area contributed by atoms with E-state index in [0.29, 0.717) is 10.9 Å². The average molecular weight is 366 g/mol. The van der Waals surface area contributed by atoms with Gasteiger partial charge in [-0.25, -0.2) is 9.97 Å². The Morgan fingerprint density at radius 3 is 2.77 bits per heavy atom. The molecular formula is C20H22N4OS. The maximum absolute atomic E-state index is 12.8. The molecule has 1 amide bonds. The van der Waals surface area contributed by atoms with E-state index in [9.17, 15) is 4.79 Å². The van der Waals surface area contributed by atoms with Crippen LogP contribution in [0.25, 0.3) is 10.9 Å². The Labute approximate surface area is 157 Å². The molecule has 1 N–H and O–H groups in total. The van der Waals surface area contributed by atoms with Crippen molar-refractivity contribution < 1.29 is 4.79 Å². The number of fused-ring (bicyclic) bond motifs is 3. The van der Waals surface area contributed by atoms with Gasteiger partial charge < -0.3 is 9.88 Å². The number of amides is 1. The van der Waals surface area contributed by atoms with Gasteiger partial charge in [-0.2, -0.15) is 0 Å². The van der Waals surface area contributed by atoms with Crippen LogP contribution >= 0.6 is 11.8 Å². The lowest BCUT2D eigenvalue weighted by atomic mass is 9.98. The first-order valence-corrected chi connectivity index (χ1v) is 9.85. The molecule has 0 radical (unpaired) electrons. The largest absolute Gasteiger partial charge is 0.356 e. The van der Waals surface area contributed by atoms with Crippen LogP contribution in [-0.4, -0.2) is 38.1 Å². The molecule has 0 spiro atoms. The standard InChI is InChI=1S/C20H22N4OS/c1-12-10-13(2)22-20(21-12)26-11-18(25)24-9-8-16-15-6-4-5-7-17(15)23-19(16)14(24)3/h4-7,10,14,23H,8-9,11H2,1-3H3/t14-/m0/s1. The average Bonchev–Trinajstić information content (AvgIpc) is 2.99. The van der Waals surface area contributed by atoms with Gasteiger partial charge in [-0.15, -0.1) is 0 Å². The second-order valence-corrected chi connectivity index (χ2v) is 7.74. The third-order valence-electron chi connectivity index (χ3n) is 4.94. The van der Waals surface area contributed by atoms with Gasteiger partial charge in [-0.05, 0) is 44.9 Å².